The Morgan fingerprint density at radius 2 is 2.00 bits per heavy atom. The van der Waals surface area contributed by atoms with Crippen molar-refractivity contribution >= 4 is 5.69 Å². The summed E-state index contributed by atoms with van der Waals surface area (Å²) < 4.78 is 51.5. The summed E-state index contributed by atoms with van der Waals surface area (Å²) in [6, 6.07) is 5.51. The molecule has 4 rings (SSSR count). The Kier molecular flexibility index (Phi) is 5.46. The molecule has 29 heavy (non-hydrogen) atoms. The highest BCUT2D eigenvalue weighted by molar-refractivity contribution is 5.58. The molecule has 2 aliphatic rings. The van der Waals surface area contributed by atoms with Crippen LogP contribution in [0.4, 0.5) is 18.9 Å². The highest BCUT2D eigenvalue weighted by atomic mass is 19.4. The van der Waals surface area contributed by atoms with E-state index in [1.807, 2.05) is 23.3 Å². The van der Waals surface area contributed by atoms with E-state index in [9.17, 15) is 18.0 Å². The quantitative estimate of drug-likeness (QED) is 0.814. The van der Waals surface area contributed by atoms with E-state index in [1.54, 1.807) is 0 Å². The molecular formula is C19H21F3N4O3. The van der Waals surface area contributed by atoms with Gasteiger partial charge in [-0.25, -0.2) is 5.10 Å². The van der Waals surface area contributed by atoms with E-state index in [0.717, 1.165) is 37.0 Å². The molecule has 3 heterocycles. The number of nitrogens with one attached hydrogen (secondary N) is 1. The molecule has 0 amide bonds. The normalized spacial score (nSPS) is 17.4. The van der Waals surface area contributed by atoms with E-state index in [1.165, 1.54) is 4.90 Å². The van der Waals surface area contributed by atoms with Crippen LogP contribution in [0.25, 0.3) is 0 Å². The average molecular weight is 410 g/mol. The van der Waals surface area contributed by atoms with Crippen LogP contribution in [0, 0.1) is 0 Å². The molecule has 1 N–H and O–H groups in total. The van der Waals surface area contributed by atoms with Crippen LogP contribution < -0.4 is 15.2 Å². The van der Waals surface area contributed by atoms with E-state index >= 15 is 0 Å². The summed E-state index contributed by atoms with van der Waals surface area (Å²) in [6.45, 7) is 4.85. The molecule has 0 saturated carbocycles. The second kappa shape index (κ2) is 8.03. The maximum Gasteiger partial charge on any atom is 0.423 e. The number of morpholine rings is 1. The molecule has 0 unspecified atom stereocenters. The third kappa shape index (κ3) is 4.23. The Morgan fingerprint density at radius 1 is 1.21 bits per heavy atom. The summed E-state index contributed by atoms with van der Waals surface area (Å²) in [5.74, 6) is 0.657. The van der Waals surface area contributed by atoms with Crippen LogP contribution in [-0.4, -0.2) is 54.6 Å². The second-order valence-corrected chi connectivity index (χ2v) is 7.01. The highest BCUT2D eigenvalue weighted by Gasteiger charge is 2.39. The first-order valence-corrected chi connectivity index (χ1v) is 9.37. The number of hydrogen-bond donors (Lipinski definition) is 1. The van der Waals surface area contributed by atoms with Crippen molar-refractivity contribution in [2.45, 2.75) is 19.3 Å². The maximum atomic E-state index is 13.4. The molecule has 0 bridgehead atoms. The summed E-state index contributed by atoms with van der Waals surface area (Å²) in [6.07, 6.45) is -3.72. The van der Waals surface area contributed by atoms with E-state index in [0.29, 0.717) is 25.6 Å². The SMILES string of the molecule is O=c1[nH]ncc(N2Cc3cccc(OCCN4CCOCC4)c3C2)c1C(F)(F)F. The number of nitrogens with zero attached hydrogens (tertiary/aromatic N) is 3. The van der Waals surface area contributed by atoms with Crippen molar-refractivity contribution < 1.29 is 22.6 Å². The largest absolute Gasteiger partial charge is 0.492 e. The number of rotatable bonds is 5. The zero-order valence-electron chi connectivity index (χ0n) is 15.7. The fraction of sp³-hybridized carbons (Fsp3) is 0.474. The van der Waals surface area contributed by atoms with Crippen molar-refractivity contribution in [3.63, 3.8) is 0 Å². The van der Waals surface area contributed by atoms with Gasteiger partial charge in [0, 0.05) is 38.3 Å². The summed E-state index contributed by atoms with van der Waals surface area (Å²) in [5.41, 5.74) is -0.982. The van der Waals surface area contributed by atoms with Gasteiger partial charge in [-0.05, 0) is 11.6 Å². The lowest BCUT2D eigenvalue weighted by Gasteiger charge is -2.26. The van der Waals surface area contributed by atoms with Crippen LogP contribution in [0.1, 0.15) is 16.7 Å². The van der Waals surface area contributed by atoms with Crippen LogP contribution in [0.2, 0.25) is 0 Å². The number of hydrogen-bond acceptors (Lipinski definition) is 6. The first-order valence-electron chi connectivity index (χ1n) is 9.37. The standard InChI is InChI=1S/C19H21F3N4O3/c20-19(21,22)17-15(10-23-24-18(17)27)26-11-13-2-1-3-16(14(13)12-26)29-9-6-25-4-7-28-8-5-25/h1-3,10H,4-9,11-12H2,(H,24,27). The summed E-state index contributed by atoms with van der Waals surface area (Å²) >= 11 is 0. The molecule has 1 aromatic heterocycles. The van der Waals surface area contributed by atoms with Crippen LogP contribution in [0.5, 0.6) is 5.75 Å². The van der Waals surface area contributed by atoms with Crippen molar-refractivity contribution in [2.75, 3.05) is 44.4 Å². The van der Waals surface area contributed by atoms with E-state index < -0.39 is 17.3 Å². The number of benzene rings is 1. The first-order chi connectivity index (χ1) is 13.9. The van der Waals surface area contributed by atoms with Gasteiger partial charge in [-0.3, -0.25) is 9.69 Å². The van der Waals surface area contributed by atoms with Gasteiger partial charge >= 0.3 is 6.18 Å². The minimum atomic E-state index is -4.77. The van der Waals surface area contributed by atoms with Gasteiger partial charge in [0.15, 0.2) is 0 Å². The van der Waals surface area contributed by atoms with Crippen molar-refractivity contribution in [3.05, 3.63) is 51.4 Å². The van der Waals surface area contributed by atoms with Crippen LogP contribution in [0.15, 0.2) is 29.2 Å². The molecule has 0 aliphatic carbocycles. The number of aromatic nitrogens is 2. The smallest absolute Gasteiger partial charge is 0.423 e. The third-order valence-corrected chi connectivity index (χ3v) is 5.17. The molecular weight excluding hydrogens is 389 g/mol. The molecule has 2 aliphatic heterocycles. The molecule has 156 valence electrons. The van der Waals surface area contributed by atoms with Gasteiger partial charge in [0.25, 0.3) is 5.56 Å². The zero-order valence-corrected chi connectivity index (χ0v) is 15.7. The number of halogens is 3. The van der Waals surface area contributed by atoms with Crippen LogP contribution >= 0.6 is 0 Å². The monoisotopic (exact) mass is 410 g/mol. The van der Waals surface area contributed by atoms with Gasteiger partial charge in [0.2, 0.25) is 0 Å². The Labute approximate surface area is 165 Å². The molecule has 7 nitrogen and oxygen atoms in total. The molecule has 1 aromatic carbocycles. The molecule has 0 atom stereocenters. The molecule has 1 saturated heterocycles. The second-order valence-electron chi connectivity index (χ2n) is 7.01. The number of alkyl halides is 3. The molecule has 1 fully saturated rings. The summed E-state index contributed by atoms with van der Waals surface area (Å²) in [4.78, 5) is 15.5. The van der Waals surface area contributed by atoms with Crippen LogP contribution in [0.3, 0.4) is 0 Å². The number of aromatic amines is 1. The maximum absolute atomic E-state index is 13.4. The average Bonchev–Trinajstić information content (AvgIpc) is 3.13. The van der Waals surface area contributed by atoms with Crippen molar-refractivity contribution in [2.24, 2.45) is 0 Å². The number of H-pyrrole nitrogens is 1. The van der Waals surface area contributed by atoms with Gasteiger partial charge in [0.1, 0.15) is 17.9 Å². The van der Waals surface area contributed by atoms with E-state index in [-0.39, 0.29) is 18.8 Å². The summed E-state index contributed by atoms with van der Waals surface area (Å²) in [5, 5.41) is 5.43. The lowest BCUT2D eigenvalue weighted by atomic mass is 10.1. The van der Waals surface area contributed by atoms with Gasteiger partial charge < -0.3 is 14.4 Å². The van der Waals surface area contributed by atoms with Gasteiger partial charge in [-0.15, -0.1) is 0 Å². The Morgan fingerprint density at radius 3 is 2.76 bits per heavy atom. The summed E-state index contributed by atoms with van der Waals surface area (Å²) in [7, 11) is 0. The van der Waals surface area contributed by atoms with Gasteiger partial charge in [0.05, 0.1) is 25.1 Å². The predicted molar refractivity (Wildman–Crippen MR) is 98.9 cm³/mol. The van der Waals surface area contributed by atoms with Crippen LogP contribution in [-0.2, 0) is 24.0 Å². The van der Waals surface area contributed by atoms with Gasteiger partial charge in [-0.1, -0.05) is 12.1 Å². The van der Waals surface area contributed by atoms with Crippen molar-refractivity contribution in [3.8, 4) is 5.75 Å². The Balaban J connectivity index is 1.50. The number of ether oxygens (including phenoxy) is 2. The first kappa shape index (κ1) is 19.7. The molecule has 0 spiro atoms. The fourth-order valence-corrected chi connectivity index (χ4v) is 3.71. The lowest BCUT2D eigenvalue weighted by molar-refractivity contribution is -0.138. The minimum absolute atomic E-state index is 0.220. The lowest BCUT2D eigenvalue weighted by Crippen LogP contribution is -2.38. The van der Waals surface area contributed by atoms with Gasteiger partial charge in [-0.2, -0.15) is 18.3 Å². The minimum Gasteiger partial charge on any atom is -0.492 e. The fourth-order valence-electron chi connectivity index (χ4n) is 3.71. The molecule has 10 heteroatoms. The molecule has 0 radical (unpaired) electrons. The van der Waals surface area contributed by atoms with Crippen molar-refractivity contribution in [1.82, 2.24) is 15.1 Å². The highest BCUT2D eigenvalue weighted by Crippen LogP contribution is 2.38. The van der Waals surface area contributed by atoms with E-state index in [2.05, 4.69) is 10.00 Å². The molecule has 2 aromatic rings. The van der Waals surface area contributed by atoms with Crippen molar-refractivity contribution in [1.29, 1.82) is 0 Å². The van der Waals surface area contributed by atoms with E-state index in [4.69, 9.17) is 9.47 Å². The Hall–Kier alpha value is -2.59. The number of fused-ring (bicyclic) bond motifs is 1. The Bertz CT molecular complexity index is 926. The zero-order chi connectivity index (χ0) is 20.4. The topological polar surface area (TPSA) is 70.7 Å². The third-order valence-electron chi connectivity index (χ3n) is 5.17. The number of anilines is 1. The predicted octanol–water partition coefficient (Wildman–Crippen LogP) is 2.02.